The molecule has 1 unspecified atom stereocenters. The van der Waals surface area contributed by atoms with E-state index < -0.39 is 0 Å². The molecule has 0 spiro atoms. The first-order valence-corrected chi connectivity index (χ1v) is 5.64. The third-order valence-electron chi connectivity index (χ3n) is 2.41. The summed E-state index contributed by atoms with van der Waals surface area (Å²) >= 11 is 0. The Kier molecular flexibility index (Phi) is 5.20. The molecule has 2 heteroatoms. The Morgan fingerprint density at radius 1 is 1.57 bits per heavy atom. The van der Waals surface area contributed by atoms with Gasteiger partial charge in [0.25, 0.3) is 0 Å². The standard InChI is InChI=1S/C12H23NO/c1-10(2)6-7-14-9-11(3)8-13-12-4-5-12/h11-13H,1,4-9H2,2-3H3. The highest BCUT2D eigenvalue weighted by atomic mass is 16.5. The van der Waals surface area contributed by atoms with E-state index in [0.29, 0.717) is 5.92 Å². The van der Waals surface area contributed by atoms with Crippen LogP contribution >= 0.6 is 0 Å². The van der Waals surface area contributed by atoms with Crippen molar-refractivity contribution in [2.75, 3.05) is 19.8 Å². The minimum Gasteiger partial charge on any atom is -0.381 e. The fourth-order valence-electron chi connectivity index (χ4n) is 1.25. The average Bonchev–Trinajstić information content (AvgIpc) is 2.92. The molecule has 0 aliphatic heterocycles. The first kappa shape index (κ1) is 11.7. The van der Waals surface area contributed by atoms with Crippen molar-refractivity contribution in [2.24, 2.45) is 5.92 Å². The van der Waals surface area contributed by atoms with Crippen molar-refractivity contribution in [1.82, 2.24) is 5.32 Å². The molecule has 2 nitrogen and oxygen atoms in total. The first-order chi connectivity index (χ1) is 6.68. The van der Waals surface area contributed by atoms with Crippen LogP contribution in [0.3, 0.4) is 0 Å². The SMILES string of the molecule is C=C(C)CCOCC(C)CNC1CC1. The summed E-state index contributed by atoms with van der Waals surface area (Å²) in [7, 11) is 0. The van der Waals surface area contributed by atoms with Crippen LogP contribution in [0.2, 0.25) is 0 Å². The van der Waals surface area contributed by atoms with Crippen LogP contribution < -0.4 is 5.32 Å². The number of rotatable bonds is 8. The topological polar surface area (TPSA) is 21.3 Å². The van der Waals surface area contributed by atoms with Gasteiger partial charge in [0.1, 0.15) is 0 Å². The Balaban J connectivity index is 1.86. The van der Waals surface area contributed by atoms with Gasteiger partial charge in [-0.2, -0.15) is 0 Å². The van der Waals surface area contributed by atoms with Crippen LogP contribution in [-0.4, -0.2) is 25.8 Å². The fourth-order valence-corrected chi connectivity index (χ4v) is 1.25. The molecule has 0 aromatic carbocycles. The van der Waals surface area contributed by atoms with Crippen LogP contribution in [0.5, 0.6) is 0 Å². The lowest BCUT2D eigenvalue weighted by atomic mass is 10.2. The van der Waals surface area contributed by atoms with Gasteiger partial charge in [-0.1, -0.05) is 12.5 Å². The monoisotopic (exact) mass is 197 g/mol. The Labute approximate surface area is 87.7 Å². The number of hydrogen-bond acceptors (Lipinski definition) is 2. The molecule has 14 heavy (non-hydrogen) atoms. The van der Waals surface area contributed by atoms with Crippen molar-refractivity contribution >= 4 is 0 Å². The van der Waals surface area contributed by atoms with E-state index in [9.17, 15) is 0 Å². The van der Waals surface area contributed by atoms with Crippen LogP contribution in [0, 0.1) is 5.92 Å². The molecule has 1 aliphatic rings. The minimum atomic E-state index is 0.626. The zero-order valence-corrected chi connectivity index (χ0v) is 9.51. The van der Waals surface area contributed by atoms with Crippen LogP contribution in [-0.2, 0) is 4.74 Å². The van der Waals surface area contributed by atoms with Crippen LogP contribution in [0.15, 0.2) is 12.2 Å². The molecule has 1 fully saturated rings. The van der Waals surface area contributed by atoms with Gasteiger partial charge >= 0.3 is 0 Å². The lowest BCUT2D eigenvalue weighted by Gasteiger charge is -2.12. The molecule has 1 atom stereocenters. The maximum atomic E-state index is 5.56. The van der Waals surface area contributed by atoms with Gasteiger partial charge in [0.05, 0.1) is 13.2 Å². The zero-order valence-electron chi connectivity index (χ0n) is 9.51. The fraction of sp³-hybridized carbons (Fsp3) is 0.833. The van der Waals surface area contributed by atoms with Crippen molar-refractivity contribution in [2.45, 2.75) is 39.2 Å². The predicted octanol–water partition coefficient (Wildman–Crippen LogP) is 2.36. The van der Waals surface area contributed by atoms with Gasteiger partial charge in [-0.25, -0.2) is 0 Å². The van der Waals surface area contributed by atoms with E-state index in [2.05, 4.69) is 18.8 Å². The molecule has 1 aliphatic carbocycles. The minimum absolute atomic E-state index is 0.626. The third kappa shape index (κ3) is 6.17. The van der Waals surface area contributed by atoms with Gasteiger partial charge in [-0.15, -0.1) is 6.58 Å². The number of nitrogens with one attached hydrogen (secondary N) is 1. The summed E-state index contributed by atoms with van der Waals surface area (Å²) in [5, 5.41) is 3.51. The van der Waals surface area contributed by atoms with E-state index in [4.69, 9.17) is 4.74 Å². The Bertz CT molecular complexity index is 175. The highest BCUT2D eigenvalue weighted by molar-refractivity contribution is 4.87. The molecule has 82 valence electrons. The van der Waals surface area contributed by atoms with Gasteiger partial charge in [0.2, 0.25) is 0 Å². The second-order valence-corrected chi connectivity index (χ2v) is 4.57. The van der Waals surface area contributed by atoms with Crippen molar-refractivity contribution in [3.63, 3.8) is 0 Å². The molecule has 0 amide bonds. The van der Waals surface area contributed by atoms with E-state index in [1.54, 1.807) is 0 Å². The summed E-state index contributed by atoms with van der Waals surface area (Å²) < 4.78 is 5.56. The highest BCUT2D eigenvalue weighted by Gasteiger charge is 2.20. The molecular formula is C12H23NO. The third-order valence-corrected chi connectivity index (χ3v) is 2.41. The smallest absolute Gasteiger partial charge is 0.0503 e. The van der Waals surface area contributed by atoms with Crippen LogP contribution in [0.4, 0.5) is 0 Å². The summed E-state index contributed by atoms with van der Waals surface area (Å²) in [6.07, 6.45) is 3.72. The summed E-state index contributed by atoms with van der Waals surface area (Å²) in [6.45, 7) is 10.9. The normalized spacial score (nSPS) is 18.1. The maximum absolute atomic E-state index is 5.56. The predicted molar refractivity (Wildman–Crippen MR) is 60.4 cm³/mol. The summed E-state index contributed by atoms with van der Waals surface area (Å²) in [5.74, 6) is 0.626. The maximum Gasteiger partial charge on any atom is 0.0503 e. The molecular weight excluding hydrogens is 174 g/mol. The lowest BCUT2D eigenvalue weighted by molar-refractivity contribution is 0.107. The molecule has 0 heterocycles. The average molecular weight is 197 g/mol. The Morgan fingerprint density at radius 2 is 2.29 bits per heavy atom. The summed E-state index contributed by atoms with van der Waals surface area (Å²) in [6, 6.07) is 0.813. The first-order valence-electron chi connectivity index (χ1n) is 5.64. The molecule has 1 saturated carbocycles. The van der Waals surface area contributed by atoms with Crippen molar-refractivity contribution in [3.05, 3.63) is 12.2 Å². The van der Waals surface area contributed by atoms with Gasteiger partial charge in [0, 0.05) is 12.6 Å². The number of hydrogen-bond donors (Lipinski definition) is 1. The molecule has 0 aromatic heterocycles. The summed E-state index contributed by atoms with van der Waals surface area (Å²) in [5.41, 5.74) is 1.20. The molecule has 1 rings (SSSR count). The van der Waals surface area contributed by atoms with E-state index in [1.165, 1.54) is 18.4 Å². The Morgan fingerprint density at radius 3 is 2.86 bits per heavy atom. The van der Waals surface area contributed by atoms with E-state index in [0.717, 1.165) is 32.2 Å². The second kappa shape index (κ2) is 6.20. The van der Waals surface area contributed by atoms with Crippen molar-refractivity contribution < 1.29 is 4.74 Å². The van der Waals surface area contributed by atoms with E-state index >= 15 is 0 Å². The highest BCUT2D eigenvalue weighted by Crippen LogP contribution is 2.18. The van der Waals surface area contributed by atoms with Gasteiger partial charge in [-0.3, -0.25) is 0 Å². The van der Waals surface area contributed by atoms with Crippen LogP contribution in [0.25, 0.3) is 0 Å². The van der Waals surface area contributed by atoms with Crippen molar-refractivity contribution in [1.29, 1.82) is 0 Å². The number of ether oxygens (including phenoxy) is 1. The van der Waals surface area contributed by atoms with Gasteiger partial charge in [-0.05, 0) is 32.1 Å². The van der Waals surface area contributed by atoms with E-state index in [1.807, 2.05) is 6.92 Å². The second-order valence-electron chi connectivity index (χ2n) is 4.57. The lowest BCUT2D eigenvalue weighted by Crippen LogP contribution is -2.25. The largest absolute Gasteiger partial charge is 0.381 e. The van der Waals surface area contributed by atoms with E-state index in [-0.39, 0.29) is 0 Å². The molecule has 0 saturated heterocycles. The van der Waals surface area contributed by atoms with Crippen LogP contribution in [0.1, 0.15) is 33.1 Å². The van der Waals surface area contributed by atoms with Gasteiger partial charge in [0.15, 0.2) is 0 Å². The van der Waals surface area contributed by atoms with Crippen molar-refractivity contribution in [3.8, 4) is 0 Å². The molecule has 0 radical (unpaired) electrons. The summed E-state index contributed by atoms with van der Waals surface area (Å²) in [4.78, 5) is 0. The molecule has 1 N–H and O–H groups in total. The quantitative estimate of drug-likeness (QED) is 0.476. The van der Waals surface area contributed by atoms with Gasteiger partial charge < -0.3 is 10.1 Å². The Hall–Kier alpha value is -0.340. The molecule has 0 aromatic rings. The zero-order chi connectivity index (χ0) is 10.4. The molecule has 0 bridgehead atoms.